The maximum Gasteiger partial charge on any atom is 0.303 e. The highest BCUT2D eigenvalue weighted by Gasteiger charge is 2.31. The highest BCUT2D eigenvalue weighted by molar-refractivity contribution is 6.31. The zero-order valence-electron chi connectivity index (χ0n) is 19.8. The predicted octanol–water partition coefficient (Wildman–Crippen LogP) is 8.06. The molecule has 1 aromatic heterocycles. The Hall–Kier alpha value is -2.44. The number of nitrogens with zero attached hydrogens (tertiary/aromatic N) is 1. The molecule has 35 heavy (non-hydrogen) atoms. The van der Waals surface area contributed by atoms with Crippen LogP contribution in [-0.4, -0.2) is 21.4 Å². The number of unbranched alkanes of at least 4 members (excludes halogenated alkanes) is 2. The molecule has 0 aliphatic rings. The second-order valence-electron chi connectivity index (χ2n) is 9.15. The molecule has 0 amide bonds. The number of halogens is 4. The lowest BCUT2D eigenvalue weighted by Gasteiger charge is -2.17. The number of hydrogen-bond acceptors (Lipinski definition) is 2. The quantitative estimate of drug-likeness (QED) is 0.193. The van der Waals surface area contributed by atoms with Gasteiger partial charge in [-0.3, -0.25) is 9.59 Å². The summed E-state index contributed by atoms with van der Waals surface area (Å²) in [6, 6.07) is 11.1. The van der Waals surface area contributed by atoms with E-state index in [2.05, 4.69) is 0 Å². The minimum atomic E-state index is -2.96. The van der Waals surface area contributed by atoms with Gasteiger partial charge in [0.2, 0.25) is 0 Å². The number of benzene rings is 2. The van der Waals surface area contributed by atoms with Crippen molar-refractivity contribution in [2.75, 3.05) is 0 Å². The van der Waals surface area contributed by atoms with Crippen molar-refractivity contribution >= 4 is 45.9 Å². The summed E-state index contributed by atoms with van der Waals surface area (Å²) in [6.07, 6.45) is 1.81. The smallest absolute Gasteiger partial charge is 0.303 e. The lowest BCUT2D eigenvalue weighted by Crippen LogP contribution is -2.13. The Bertz CT molecular complexity index is 1220. The van der Waals surface area contributed by atoms with Crippen molar-refractivity contribution in [2.45, 2.75) is 57.8 Å². The number of fused-ring (bicyclic) bond motifs is 1. The molecule has 1 heterocycles. The number of carbonyl (C=O) groups is 2. The number of carboxylic acid groups (broad SMARTS) is 1. The number of hydrogen-bond donors (Lipinski definition) is 1. The van der Waals surface area contributed by atoms with Crippen LogP contribution >= 0.6 is 23.2 Å². The second-order valence-corrected chi connectivity index (χ2v) is 10.0. The molecule has 0 fully saturated rings. The zero-order chi connectivity index (χ0) is 25.8. The van der Waals surface area contributed by atoms with E-state index in [0.717, 1.165) is 16.6 Å². The third kappa shape index (κ3) is 6.83. The number of ketones is 1. The van der Waals surface area contributed by atoms with Gasteiger partial charge in [-0.1, -0.05) is 48.7 Å². The number of rotatable bonds is 12. The summed E-state index contributed by atoms with van der Waals surface area (Å²) in [6.45, 7) is 1.74. The van der Waals surface area contributed by atoms with Crippen molar-refractivity contribution in [3.05, 3.63) is 69.3 Å². The van der Waals surface area contributed by atoms with Gasteiger partial charge in [0.15, 0.2) is 5.78 Å². The summed E-state index contributed by atoms with van der Waals surface area (Å²) >= 11 is 12.1. The Morgan fingerprint density at radius 1 is 1.03 bits per heavy atom. The van der Waals surface area contributed by atoms with Gasteiger partial charge in [0.25, 0.3) is 5.92 Å². The molecule has 1 atom stereocenters. The summed E-state index contributed by atoms with van der Waals surface area (Å²) in [7, 11) is 1.87. The van der Waals surface area contributed by atoms with Crippen molar-refractivity contribution in [3.8, 4) is 0 Å². The Morgan fingerprint density at radius 2 is 1.74 bits per heavy atom. The van der Waals surface area contributed by atoms with Gasteiger partial charge in [-0.15, -0.1) is 0 Å². The van der Waals surface area contributed by atoms with Gasteiger partial charge in [0.1, 0.15) is 0 Å². The Labute approximate surface area is 213 Å². The van der Waals surface area contributed by atoms with Crippen LogP contribution in [0.4, 0.5) is 8.78 Å². The maximum atomic E-state index is 14.5. The van der Waals surface area contributed by atoms with Crippen molar-refractivity contribution in [1.29, 1.82) is 0 Å². The molecule has 0 unspecified atom stereocenters. The number of carbonyl (C=O) groups excluding carboxylic acids is 1. The van der Waals surface area contributed by atoms with E-state index < -0.39 is 11.9 Å². The average Bonchev–Trinajstić information content (AvgIpc) is 3.03. The number of Topliss-reactive ketones (excluding diaryl/α,β-unsaturated/α-hetero) is 1. The zero-order valence-corrected chi connectivity index (χ0v) is 21.3. The number of aryl methyl sites for hydroxylation is 1. The van der Waals surface area contributed by atoms with Crippen LogP contribution in [0.15, 0.2) is 42.5 Å². The molecule has 2 aromatic carbocycles. The molecule has 0 saturated carbocycles. The first kappa shape index (κ1) is 27.2. The first-order valence-electron chi connectivity index (χ1n) is 11.6. The molecule has 188 valence electrons. The van der Waals surface area contributed by atoms with E-state index >= 15 is 0 Å². The molecular weight excluding hydrogens is 495 g/mol. The lowest BCUT2D eigenvalue weighted by atomic mass is 9.94. The van der Waals surface area contributed by atoms with Crippen LogP contribution in [0.25, 0.3) is 10.9 Å². The number of aromatic nitrogens is 1. The molecule has 0 radical (unpaired) electrons. The molecule has 3 rings (SSSR count). The molecule has 0 spiro atoms. The van der Waals surface area contributed by atoms with Crippen LogP contribution in [0.3, 0.4) is 0 Å². The SMILES string of the molecule is C[C@H](CC(=O)O)CC(=O)c1c(CCCCCC(F)(F)c2cccc(Cl)c2)n(C)c2ccc(Cl)cc12. The van der Waals surface area contributed by atoms with Gasteiger partial charge < -0.3 is 9.67 Å². The summed E-state index contributed by atoms with van der Waals surface area (Å²) < 4.78 is 31.0. The fourth-order valence-electron chi connectivity index (χ4n) is 4.54. The third-order valence-electron chi connectivity index (χ3n) is 6.27. The normalized spacial score (nSPS) is 12.7. The largest absolute Gasteiger partial charge is 0.481 e. The second kappa shape index (κ2) is 11.5. The molecule has 4 nitrogen and oxygen atoms in total. The summed E-state index contributed by atoms with van der Waals surface area (Å²) in [5.41, 5.74) is 2.13. The molecule has 1 N–H and O–H groups in total. The number of aliphatic carboxylic acids is 1. The van der Waals surface area contributed by atoms with Crippen LogP contribution in [0.1, 0.15) is 67.1 Å². The Balaban J connectivity index is 1.72. The van der Waals surface area contributed by atoms with Crippen LogP contribution < -0.4 is 0 Å². The highest BCUT2D eigenvalue weighted by atomic mass is 35.5. The average molecular weight is 524 g/mol. The highest BCUT2D eigenvalue weighted by Crippen LogP contribution is 2.35. The summed E-state index contributed by atoms with van der Waals surface area (Å²) in [4.78, 5) is 24.3. The first-order valence-corrected chi connectivity index (χ1v) is 12.4. The number of alkyl halides is 2. The topological polar surface area (TPSA) is 59.3 Å². The van der Waals surface area contributed by atoms with Crippen molar-refractivity contribution in [3.63, 3.8) is 0 Å². The van der Waals surface area contributed by atoms with E-state index in [9.17, 15) is 18.4 Å². The molecule has 3 aromatic rings. The minimum absolute atomic E-state index is 0.0843. The Kier molecular flexibility index (Phi) is 8.94. The maximum absolute atomic E-state index is 14.5. The lowest BCUT2D eigenvalue weighted by molar-refractivity contribution is -0.137. The van der Waals surface area contributed by atoms with Gasteiger partial charge >= 0.3 is 5.97 Å². The molecular formula is C27H29Cl2F2NO3. The van der Waals surface area contributed by atoms with Crippen LogP contribution in [-0.2, 0) is 24.2 Å². The van der Waals surface area contributed by atoms with Gasteiger partial charge in [-0.2, -0.15) is 0 Å². The van der Waals surface area contributed by atoms with Crippen LogP contribution in [0.5, 0.6) is 0 Å². The molecule has 8 heteroatoms. The van der Waals surface area contributed by atoms with E-state index in [0.29, 0.717) is 36.3 Å². The third-order valence-corrected chi connectivity index (χ3v) is 6.74. The fraction of sp³-hybridized carbons (Fsp3) is 0.407. The van der Waals surface area contributed by atoms with Crippen molar-refractivity contribution in [2.24, 2.45) is 13.0 Å². The van der Waals surface area contributed by atoms with Gasteiger partial charge in [-0.05, 0) is 55.5 Å². The van der Waals surface area contributed by atoms with Crippen molar-refractivity contribution < 1.29 is 23.5 Å². The minimum Gasteiger partial charge on any atom is -0.481 e. The van der Waals surface area contributed by atoms with Crippen LogP contribution in [0.2, 0.25) is 10.0 Å². The number of carboxylic acids is 1. The van der Waals surface area contributed by atoms with Crippen LogP contribution in [0, 0.1) is 5.92 Å². The van der Waals surface area contributed by atoms with E-state index in [1.54, 1.807) is 25.1 Å². The standard InChI is InChI=1S/C27H29Cl2F2NO3/c1-17(14-25(34)35)13-24(33)26-21-16-20(29)10-11-22(21)32(2)23(26)9-4-3-5-12-27(30,31)18-7-6-8-19(28)15-18/h6-8,10-11,15-17H,3-5,9,12-14H2,1-2H3,(H,34,35)/t17-/m0/s1. The first-order chi connectivity index (χ1) is 16.5. The molecule has 0 aliphatic carbocycles. The van der Waals surface area contributed by atoms with E-state index in [-0.39, 0.29) is 41.5 Å². The molecule has 0 aliphatic heterocycles. The fourth-order valence-corrected chi connectivity index (χ4v) is 4.90. The summed E-state index contributed by atoms with van der Waals surface area (Å²) in [5.74, 6) is -4.34. The van der Waals surface area contributed by atoms with Gasteiger partial charge in [-0.25, -0.2) is 8.78 Å². The van der Waals surface area contributed by atoms with Gasteiger partial charge in [0, 0.05) is 64.1 Å². The van der Waals surface area contributed by atoms with Crippen molar-refractivity contribution in [1.82, 2.24) is 4.57 Å². The van der Waals surface area contributed by atoms with E-state index in [1.807, 2.05) is 17.7 Å². The molecule has 0 saturated heterocycles. The Morgan fingerprint density at radius 3 is 2.43 bits per heavy atom. The predicted molar refractivity (Wildman–Crippen MR) is 136 cm³/mol. The molecule has 0 bridgehead atoms. The van der Waals surface area contributed by atoms with E-state index in [1.165, 1.54) is 18.2 Å². The van der Waals surface area contributed by atoms with Gasteiger partial charge in [0.05, 0.1) is 0 Å². The monoisotopic (exact) mass is 523 g/mol. The summed E-state index contributed by atoms with van der Waals surface area (Å²) in [5, 5.41) is 10.6. The van der Waals surface area contributed by atoms with E-state index in [4.69, 9.17) is 28.3 Å².